The van der Waals surface area contributed by atoms with Gasteiger partial charge >= 0.3 is 0 Å². The highest BCUT2D eigenvalue weighted by Gasteiger charge is 2.14. The van der Waals surface area contributed by atoms with Crippen LogP contribution in [0.25, 0.3) is 11.5 Å². The van der Waals surface area contributed by atoms with E-state index in [4.69, 9.17) is 9.15 Å². The minimum absolute atomic E-state index is 0.484. The van der Waals surface area contributed by atoms with Crippen molar-refractivity contribution in [3.05, 3.63) is 41.8 Å². The molecule has 3 rings (SSSR count). The first kappa shape index (κ1) is 19.4. The molecule has 27 heavy (non-hydrogen) atoms. The van der Waals surface area contributed by atoms with E-state index in [2.05, 4.69) is 39.7 Å². The predicted octanol–water partition coefficient (Wildman–Crippen LogP) is 3.66. The maximum atomic E-state index is 5.88. The van der Waals surface area contributed by atoms with Crippen molar-refractivity contribution in [3.63, 3.8) is 0 Å². The van der Waals surface area contributed by atoms with Gasteiger partial charge in [0.2, 0.25) is 5.89 Å². The fourth-order valence-corrected chi connectivity index (χ4v) is 3.20. The Morgan fingerprint density at radius 2 is 2.00 bits per heavy atom. The average Bonchev–Trinajstić information content (AvgIpc) is 3.36. The highest BCUT2D eigenvalue weighted by atomic mass is 16.5. The second kappa shape index (κ2) is 10.1. The lowest BCUT2D eigenvalue weighted by atomic mass is 10.1. The summed E-state index contributed by atoms with van der Waals surface area (Å²) in [6.45, 7) is 4.26. The Morgan fingerprint density at radius 3 is 2.74 bits per heavy atom. The van der Waals surface area contributed by atoms with Crippen LogP contribution in [0.15, 0.2) is 39.9 Å². The maximum Gasteiger partial charge on any atom is 0.226 e. The zero-order valence-corrected chi connectivity index (χ0v) is 16.3. The van der Waals surface area contributed by atoms with Crippen molar-refractivity contribution in [2.75, 3.05) is 20.2 Å². The van der Waals surface area contributed by atoms with Crippen LogP contribution >= 0.6 is 0 Å². The smallest absolute Gasteiger partial charge is 0.226 e. The number of guanidine groups is 1. The Morgan fingerprint density at radius 1 is 1.22 bits per heavy atom. The number of aliphatic imine (C=N–C) groups is 1. The van der Waals surface area contributed by atoms with E-state index in [1.807, 2.05) is 12.1 Å². The highest BCUT2D eigenvalue weighted by molar-refractivity contribution is 5.79. The van der Waals surface area contributed by atoms with Gasteiger partial charge in [0.1, 0.15) is 6.26 Å². The Balaban J connectivity index is 1.37. The van der Waals surface area contributed by atoms with Gasteiger partial charge < -0.3 is 19.8 Å². The van der Waals surface area contributed by atoms with Crippen molar-refractivity contribution in [1.29, 1.82) is 0 Å². The predicted molar refractivity (Wildman–Crippen MR) is 108 cm³/mol. The average molecular weight is 370 g/mol. The van der Waals surface area contributed by atoms with E-state index < -0.39 is 0 Å². The van der Waals surface area contributed by atoms with Gasteiger partial charge in [0.15, 0.2) is 5.96 Å². The molecule has 2 N–H and O–H groups in total. The fourth-order valence-electron chi connectivity index (χ4n) is 3.20. The van der Waals surface area contributed by atoms with E-state index in [1.54, 1.807) is 13.3 Å². The lowest BCUT2D eigenvalue weighted by Gasteiger charge is -2.13. The first-order valence-corrected chi connectivity index (χ1v) is 9.82. The number of aromatic nitrogens is 1. The minimum Gasteiger partial charge on any atom is -0.444 e. The molecular weight excluding hydrogens is 340 g/mol. The molecule has 0 radical (unpaired) electrons. The van der Waals surface area contributed by atoms with E-state index >= 15 is 0 Å². The van der Waals surface area contributed by atoms with Crippen LogP contribution in [-0.4, -0.2) is 37.2 Å². The molecule has 1 aliphatic rings. The minimum atomic E-state index is 0.484. The third kappa shape index (κ3) is 6.10. The van der Waals surface area contributed by atoms with Crippen LogP contribution in [0.2, 0.25) is 0 Å². The largest absolute Gasteiger partial charge is 0.444 e. The van der Waals surface area contributed by atoms with Gasteiger partial charge in [-0.2, -0.15) is 0 Å². The van der Waals surface area contributed by atoms with Gasteiger partial charge in [0, 0.05) is 25.8 Å². The molecule has 1 fully saturated rings. The molecule has 1 aromatic heterocycles. The zero-order valence-electron chi connectivity index (χ0n) is 16.3. The van der Waals surface area contributed by atoms with Crippen LogP contribution in [-0.2, 0) is 11.3 Å². The van der Waals surface area contributed by atoms with Gasteiger partial charge in [-0.1, -0.05) is 30.5 Å². The number of ether oxygens (including phenoxy) is 1. The molecule has 2 aromatic rings. The summed E-state index contributed by atoms with van der Waals surface area (Å²) in [5, 5.41) is 6.58. The quantitative estimate of drug-likeness (QED) is 0.421. The van der Waals surface area contributed by atoms with Gasteiger partial charge in [-0.3, -0.25) is 4.99 Å². The first-order valence-electron chi connectivity index (χ1n) is 9.82. The van der Waals surface area contributed by atoms with Crippen molar-refractivity contribution < 1.29 is 9.15 Å². The monoisotopic (exact) mass is 370 g/mol. The fraction of sp³-hybridized carbons (Fsp3) is 0.524. The summed E-state index contributed by atoms with van der Waals surface area (Å²) in [6.07, 6.45) is 8.21. The van der Waals surface area contributed by atoms with Gasteiger partial charge in [-0.25, -0.2) is 4.98 Å². The third-order valence-corrected chi connectivity index (χ3v) is 4.78. The van der Waals surface area contributed by atoms with Crippen LogP contribution in [0.4, 0.5) is 0 Å². The number of rotatable bonds is 8. The van der Waals surface area contributed by atoms with Crippen LogP contribution < -0.4 is 10.6 Å². The van der Waals surface area contributed by atoms with Gasteiger partial charge in [0.05, 0.1) is 18.3 Å². The number of aryl methyl sites for hydroxylation is 1. The lowest BCUT2D eigenvalue weighted by molar-refractivity contribution is 0.0574. The molecule has 6 heteroatoms. The van der Waals surface area contributed by atoms with Crippen LogP contribution in [0.1, 0.15) is 43.4 Å². The number of nitrogens with one attached hydrogen (secondary N) is 2. The van der Waals surface area contributed by atoms with Crippen molar-refractivity contribution in [2.45, 2.75) is 51.7 Å². The van der Waals surface area contributed by atoms with Crippen LogP contribution in [0.5, 0.6) is 0 Å². The van der Waals surface area contributed by atoms with E-state index in [1.165, 1.54) is 31.2 Å². The molecule has 1 heterocycles. The summed E-state index contributed by atoms with van der Waals surface area (Å²) in [4.78, 5) is 8.79. The summed E-state index contributed by atoms with van der Waals surface area (Å²) in [6, 6.07) is 8.15. The molecular formula is C21H30N4O2. The molecule has 0 aliphatic heterocycles. The molecule has 1 aliphatic carbocycles. The second-order valence-electron chi connectivity index (χ2n) is 6.99. The maximum absolute atomic E-state index is 5.88. The summed E-state index contributed by atoms with van der Waals surface area (Å²) in [5.41, 5.74) is 3.05. The molecule has 0 unspecified atom stereocenters. The van der Waals surface area contributed by atoms with Gasteiger partial charge in [-0.05, 0) is 38.3 Å². The van der Waals surface area contributed by atoms with E-state index in [9.17, 15) is 0 Å². The zero-order chi connectivity index (χ0) is 18.9. The third-order valence-electron chi connectivity index (χ3n) is 4.78. The van der Waals surface area contributed by atoms with Crippen molar-refractivity contribution in [2.24, 2.45) is 4.99 Å². The van der Waals surface area contributed by atoms with E-state index in [0.29, 0.717) is 18.5 Å². The molecule has 1 aromatic carbocycles. The Kier molecular flexibility index (Phi) is 7.27. The van der Waals surface area contributed by atoms with Crippen LogP contribution in [0.3, 0.4) is 0 Å². The number of nitrogens with zero attached hydrogens (tertiary/aromatic N) is 2. The Bertz CT molecular complexity index is 718. The van der Waals surface area contributed by atoms with E-state index in [0.717, 1.165) is 36.8 Å². The summed E-state index contributed by atoms with van der Waals surface area (Å²) < 4.78 is 11.5. The summed E-state index contributed by atoms with van der Waals surface area (Å²) >= 11 is 0. The molecule has 1 saturated carbocycles. The van der Waals surface area contributed by atoms with Crippen molar-refractivity contribution in [1.82, 2.24) is 15.6 Å². The molecule has 0 amide bonds. The molecule has 0 bridgehead atoms. The standard InChI is InChI=1S/C21H30N4O2/c1-16-8-10-17(11-9-16)20-25-18(15-27-20)14-24-21(22-2)23-12-5-13-26-19-6-3-4-7-19/h8-11,15,19H,3-7,12-14H2,1-2H3,(H2,22,23,24). The lowest BCUT2D eigenvalue weighted by Crippen LogP contribution is -2.37. The highest BCUT2D eigenvalue weighted by Crippen LogP contribution is 2.21. The number of hydrogen-bond acceptors (Lipinski definition) is 4. The topological polar surface area (TPSA) is 71.7 Å². The second-order valence-corrected chi connectivity index (χ2v) is 6.99. The van der Waals surface area contributed by atoms with Crippen molar-refractivity contribution >= 4 is 5.96 Å². The van der Waals surface area contributed by atoms with Gasteiger partial charge in [0.25, 0.3) is 0 Å². The SMILES string of the molecule is CN=C(NCCCOC1CCCC1)NCc1coc(-c2ccc(C)cc2)n1. The normalized spacial score (nSPS) is 15.3. The Labute approximate surface area is 161 Å². The molecule has 0 spiro atoms. The summed E-state index contributed by atoms with van der Waals surface area (Å²) in [5.74, 6) is 1.40. The summed E-state index contributed by atoms with van der Waals surface area (Å²) in [7, 11) is 1.77. The Hall–Kier alpha value is -2.34. The molecule has 146 valence electrons. The van der Waals surface area contributed by atoms with Gasteiger partial charge in [-0.15, -0.1) is 0 Å². The van der Waals surface area contributed by atoms with E-state index in [-0.39, 0.29) is 0 Å². The molecule has 0 atom stereocenters. The molecule has 6 nitrogen and oxygen atoms in total. The van der Waals surface area contributed by atoms with Crippen molar-refractivity contribution in [3.8, 4) is 11.5 Å². The number of oxazole rings is 1. The van der Waals surface area contributed by atoms with Crippen LogP contribution in [0, 0.1) is 6.92 Å². The first-order chi connectivity index (χ1) is 13.2. The molecule has 0 saturated heterocycles. The number of hydrogen-bond donors (Lipinski definition) is 2. The number of benzene rings is 1.